The zero-order valence-electron chi connectivity index (χ0n) is 12.9. The molecule has 0 aliphatic rings. The Morgan fingerprint density at radius 3 is 2.56 bits per heavy atom. The predicted molar refractivity (Wildman–Crippen MR) is 84.0 cm³/mol. The molecule has 0 saturated heterocycles. The molecule has 0 bridgehead atoms. The average Bonchev–Trinajstić information content (AvgIpc) is 3.10. The van der Waals surface area contributed by atoms with Gasteiger partial charge in [0.05, 0.1) is 11.3 Å². The van der Waals surface area contributed by atoms with Gasteiger partial charge in [0.2, 0.25) is 5.82 Å². The van der Waals surface area contributed by atoms with Crippen molar-refractivity contribution in [3.8, 4) is 5.69 Å². The van der Waals surface area contributed by atoms with Crippen molar-refractivity contribution in [2.75, 3.05) is 0 Å². The highest BCUT2D eigenvalue weighted by Crippen LogP contribution is 2.29. The quantitative estimate of drug-likeness (QED) is 0.789. The van der Waals surface area contributed by atoms with Crippen LogP contribution in [-0.4, -0.2) is 20.7 Å². The van der Waals surface area contributed by atoms with Crippen molar-refractivity contribution in [2.45, 2.75) is 12.7 Å². The third kappa shape index (κ3) is 3.85. The molecule has 2 aromatic carbocycles. The second kappa shape index (κ2) is 6.76. The van der Waals surface area contributed by atoms with Gasteiger partial charge in [0.15, 0.2) is 0 Å². The maximum atomic E-state index is 12.7. The molecule has 8 heteroatoms. The number of carbonyl (C=O) groups excluding carboxylic acids is 1. The summed E-state index contributed by atoms with van der Waals surface area (Å²) in [6, 6.07) is 13.7. The van der Waals surface area contributed by atoms with E-state index in [0.29, 0.717) is 11.3 Å². The number of rotatable bonds is 4. The van der Waals surface area contributed by atoms with Crippen LogP contribution in [0, 0.1) is 0 Å². The third-order valence-corrected chi connectivity index (χ3v) is 3.46. The van der Waals surface area contributed by atoms with E-state index in [9.17, 15) is 18.0 Å². The van der Waals surface area contributed by atoms with Crippen molar-refractivity contribution >= 4 is 5.91 Å². The van der Waals surface area contributed by atoms with Gasteiger partial charge in [-0.1, -0.05) is 30.3 Å². The van der Waals surface area contributed by atoms with E-state index >= 15 is 0 Å². The summed E-state index contributed by atoms with van der Waals surface area (Å²) >= 11 is 0. The molecular formula is C17H13F3N4O. The largest absolute Gasteiger partial charge is 0.416 e. The normalized spacial score (nSPS) is 11.3. The Bertz CT molecular complexity index is 875. The van der Waals surface area contributed by atoms with E-state index in [4.69, 9.17) is 0 Å². The first kappa shape index (κ1) is 16.7. The van der Waals surface area contributed by atoms with Crippen LogP contribution in [-0.2, 0) is 12.7 Å². The van der Waals surface area contributed by atoms with Crippen LogP contribution in [0.5, 0.6) is 0 Å². The van der Waals surface area contributed by atoms with Crippen molar-refractivity contribution in [2.24, 2.45) is 0 Å². The van der Waals surface area contributed by atoms with Crippen LogP contribution >= 0.6 is 0 Å². The molecule has 0 saturated carbocycles. The minimum Gasteiger partial charge on any atom is -0.345 e. The van der Waals surface area contributed by atoms with Crippen molar-refractivity contribution in [3.05, 3.63) is 77.9 Å². The molecule has 0 unspecified atom stereocenters. The van der Waals surface area contributed by atoms with Crippen LogP contribution in [0.3, 0.4) is 0 Å². The molecule has 1 aromatic heterocycles. The molecule has 5 nitrogen and oxygen atoms in total. The lowest BCUT2D eigenvalue weighted by Gasteiger charge is -2.10. The summed E-state index contributed by atoms with van der Waals surface area (Å²) in [5, 5.41) is 6.57. The van der Waals surface area contributed by atoms with Gasteiger partial charge >= 0.3 is 6.18 Å². The van der Waals surface area contributed by atoms with Gasteiger partial charge in [0.1, 0.15) is 6.33 Å². The van der Waals surface area contributed by atoms with Gasteiger partial charge in [-0.3, -0.25) is 4.79 Å². The first-order valence-electron chi connectivity index (χ1n) is 7.35. The molecule has 0 aliphatic carbocycles. The fourth-order valence-corrected chi connectivity index (χ4v) is 2.27. The van der Waals surface area contributed by atoms with E-state index in [1.807, 2.05) is 6.07 Å². The molecule has 128 valence electrons. The molecule has 3 aromatic rings. The standard InChI is InChI=1S/C17H13F3N4O/c18-17(19,20)13-6-4-5-12(9-13)10-21-16(25)15-22-11-23-24(15)14-7-2-1-3-8-14/h1-9,11H,10H2,(H,21,25). The molecule has 1 N–H and O–H groups in total. The predicted octanol–water partition coefficient (Wildman–Crippen LogP) is 3.22. The molecule has 1 amide bonds. The van der Waals surface area contributed by atoms with Crippen molar-refractivity contribution in [1.82, 2.24) is 20.1 Å². The number of aromatic nitrogens is 3. The Balaban J connectivity index is 1.74. The molecule has 0 fully saturated rings. The Morgan fingerprint density at radius 1 is 1.08 bits per heavy atom. The SMILES string of the molecule is O=C(NCc1cccc(C(F)(F)F)c1)c1ncnn1-c1ccccc1. The molecule has 25 heavy (non-hydrogen) atoms. The number of carbonyl (C=O) groups is 1. The molecule has 3 rings (SSSR count). The van der Waals surface area contributed by atoms with Gasteiger partial charge < -0.3 is 5.32 Å². The van der Waals surface area contributed by atoms with Crippen LogP contribution in [0.25, 0.3) is 5.69 Å². The zero-order valence-corrected chi connectivity index (χ0v) is 12.9. The summed E-state index contributed by atoms with van der Waals surface area (Å²) < 4.78 is 39.5. The monoisotopic (exact) mass is 346 g/mol. The smallest absolute Gasteiger partial charge is 0.345 e. The summed E-state index contributed by atoms with van der Waals surface area (Å²) in [6.07, 6.45) is -3.18. The Labute approximate surface area is 141 Å². The number of benzene rings is 2. The van der Waals surface area contributed by atoms with Crippen LogP contribution in [0.2, 0.25) is 0 Å². The number of alkyl halides is 3. The van der Waals surface area contributed by atoms with Gasteiger partial charge in [-0.05, 0) is 29.8 Å². The topological polar surface area (TPSA) is 59.8 Å². The van der Waals surface area contributed by atoms with Gasteiger partial charge in [0.25, 0.3) is 5.91 Å². The van der Waals surface area contributed by atoms with Gasteiger partial charge in [-0.2, -0.15) is 18.3 Å². The number of nitrogens with one attached hydrogen (secondary N) is 1. The molecule has 1 heterocycles. The van der Waals surface area contributed by atoms with Crippen molar-refractivity contribution in [3.63, 3.8) is 0 Å². The first-order chi connectivity index (χ1) is 11.9. The minimum atomic E-state index is -4.42. The number of amides is 1. The summed E-state index contributed by atoms with van der Waals surface area (Å²) in [5.74, 6) is -0.475. The number of nitrogens with zero attached hydrogens (tertiary/aromatic N) is 3. The van der Waals surface area contributed by atoms with E-state index in [1.165, 1.54) is 23.1 Å². The Hall–Kier alpha value is -3.16. The van der Waals surface area contributed by atoms with Crippen LogP contribution in [0.1, 0.15) is 21.7 Å². The van der Waals surface area contributed by atoms with E-state index in [2.05, 4.69) is 15.4 Å². The zero-order chi connectivity index (χ0) is 17.9. The second-order valence-corrected chi connectivity index (χ2v) is 5.21. The highest BCUT2D eigenvalue weighted by atomic mass is 19.4. The molecule has 0 spiro atoms. The van der Waals surface area contributed by atoms with Crippen LogP contribution in [0.15, 0.2) is 60.9 Å². The fraction of sp³-hybridized carbons (Fsp3) is 0.118. The number of halogens is 3. The maximum absolute atomic E-state index is 12.7. The molecular weight excluding hydrogens is 333 g/mol. The van der Waals surface area contributed by atoms with Crippen LogP contribution in [0.4, 0.5) is 13.2 Å². The van der Waals surface area contributed by atoms with Crippen LogP contribution < -0.4 is 5.32 Å². The molecule has 0 aliphatic heterocycles. The van der Waals surface area contributed by atoms with Gasteiger partial charge in [-0.25, -0.2) is 9.67 Å². The minimum absolute atomic E-state index is 0.0512. The van der Waals surface area contributed by atoms with E-state index < -0.39 is 17.6 Å². The first-order valence-corrected chi connectivity index (χ1v) is 7.35. The summed E-state index contributed by atoms with van der Waals surface area (Å²) in [5.41, 5.74) is 0.241. The lowest BCUT2D eigenvalue weighted by atomic mass is 10.1. The van der Waals surface area contributed by atoms with E-state index in [1.54, 1.807) is 24.3 Å². The summed E-state index contributed by atoms with van der Waals surface area (Å²) in [6.45, 7) is -0.0512. The van der Waals surface area contributed by atoms with Crippen molar-refractivity contribution in [1.29, 1.82) is 0 Å². The third-order valence-electron chi connectivity index (χ3n) is 3.46. The number of hydrogen-bond acceptors (Lipinski definition) is 3. The van der Waals surface area contributed by atoms with E-state index in [-0.39, 0.29) is 12.4 Å². The number of para-hydroxylation sites is 1. The Kier molecular flexibility index (Phi) is 4.51. The summed E-state index contributed by atoms with van der Waals surface area (Å²) in [4.78, 5) is 16.2. The maximum Gasteiger partial charge on any atom is 0.416 e. The molecule has 0 atom stereocenters. The lowest BCUT2D eigenvalue weighted by molar-refractivity contribution is -0.137. The average molecular weight is 346 g/mol. The number of hydrogen-bond donors (Lipinski definition) is 1. The summed E-state index contributed by atoms with van der Waals surface area (Å²) in [7, 11) is 0. The highest BCUT2D eigenvalue weighted by Gasteiger charge is 2.30. The second-order valence-electron chi connectivity index (χ2n) is 5.21. The molecule has 0 radical (unpaired) electrons. The fourth-order valence-electron chi connectivity index (χ4n) is 2.27. The lowest BCUT2D eigenvalue weighted by Crippen LogP contribution is -2.26. The van der Waals surface area contributed by atoms with Crippen molar-refractivity contribution < 1.29 is 18.0 Å². The Morgan fingerprint density at radius 2 is 1.84 bits per heavy atom. The van der Waals surface area contributed by atoms with Gasteiger partial charge in [0, 0.05) is 6.54 Å². The van der Waals surface area contributed by atoms with E-state index in [0.717, 1.165) is 12.1 Å². The highest BCUT2D eigenvalue weighted by molar-refractivity contribution is 5.91. The van der Waals surface area contributed by atoms with Gasteiger partial charge in [-0.15, -0.1) is 0 Å².